The lowest BCUT2D eigenvalue weighted by atomic mass is 10.1. The van der Waals surface area contributed by atoms with Crippen LogP contribution in [0.1, 0.15) is 60.0 Å². The van der Waals surface area contributed by atoms with Crippen LogP contribution in [0.5, 0.6) is 0 Å². The van der Waals surface area contributed by atoms with Gasteiger partial charge in [0.1, 0.15) is 0 Å². The Kier molecular flexibility index (Phi) is 6.20. The molecule has 1 N–H and O–H groups in total. The summed E-state index contributed by atoms with van der Waals surface area (Å²) in [4.78, 5) is 26.4. The highest BCUT2D eigenvalue weighted by Crippen LogP contribution is 2.21. The summed E-state index contributed by atoms with van der Waals surface area (Å²) in [5.41, 5.74) is 2.72. The standard InChI is InChI=1S/C19H28N2O2/c1-14-10-15(2)12-16(11-14)19(23)20-13-18(22)21(3)17-8-6-4-5-7-9-17/h10-12,17H,4-9,13H2,1-3H3,(H,20,23). The van der Waals surface area contributed by atoms with Crippen LogP contribution in [0.25, 0.3) is 0 Å². The van der Waals surface area contributed by atoms with E-state index in [0.29, 0.717) is 11.6 Å². The maximum atomic E-state index is 12.3. The maximum absolute atomic E-state index is 12.3. The fourth-order valence-electron chi connectivity index (χ4n) is 3.34. The Balaban J connectivity index is 1.88. The normalized spacial score (nSPS) is 15.8. The van der Waals surface area contributed by atoms with Gasteiger partial charge in [-0.1, -0.05) is 42.9 Å². The Labute approximate surface area is 139 Å². The molecule has 0 saturated heterocycles. The van der Waals surface area contributed by atoms with E-state index < -0.39 is 0 Å². The van der Waals surface area contributed by atoms with Crippen LogP contribution in [0, 0.1) is 13.8 Å². The first kappa shape index (κ1) is 17.5. The van der Waals surface area contributed by atoms with Crippen molar-refractivity contribution in [1.29, 1.82) is 0 Å². The monoisotopic (exact) mass is 316 g/mol. The Hall–Kier alpha value is -1.84. The molecule has 2 amide bonds. The molecule has 1 saturated carbocycles. The van der Waals surface area contributed by atoms with Gasteiger partial charge in [-0.05, 0) is 38.8 Å². The number of carbonyl (C=O) groups excluding carboxylic acids is 2. The number of hydrogen-bond acceptors (Lipinski definition) is 2. The van der Waals surface area contributed by atoms with Gasteiger partial charge in [0.25, 0.3) is 5.91 Å². The highest BCUT2D eigenvalue weighted by Gasteiger charge is 2.21. The molecule has 23 heavy (non-hydrogen) atoms. The molecule has 1 fully saturated rings. The minimum absolute atomic E-state index is 0.00498. The van der Waals surface area contributed by atoms with E-state index in [4.69, 9.17) is 0 Å². The number of nitrogens with one attached hydrogen (secondary N) is 1. The molecule has 1 aromatic rings. The van der Waals surface area contributed by atoms with Crippen molar-refractivity contribution in [3.63, 3.8) is 0 Å². The molecule has 4 heteroatoms. The predicted octanol–water partition coefficient (Wildman–Crippen LogP) is 3.21. The van der Waals surface area contributed by atoms with E-state index in [-0.39, 0.29) is 18.4 Å². The molecule has 4 nitrogen and oxygen atoms in total. The maximum Gasteiger partial charge on any atom is 0.251 e. The van der Waals surface area contributed by atoms with Crippen molar-refractivity contribution in [3.8, 4) is 0 Å². The van der Waals surface area contributed by atoms with E-state index in [9.17, 15) is 9.59 Å². The van der Waals surface area contributed by atoms with Crippen molar-refractivity contribution in [2.45, 2.75) is 58.4 Å². The predicted molar refractivity (Wildman–Crippen MR) is 92.5 cm³/mol. The smallest absolute Gasteiger partial charge is 0.251 e. The summed E-state index contributed by atoms with van der Waals surface area (Å²) < 4.78 is 0. The molecule has 126 valence electrons. The quantitative estimate of drug-likeness (QED) is 0.867. The first-order valence-corrected chi connectivity index (χ1v) is 8.59. The number of amides is 2. The van der Waals surface area contributed by atoms with Crippen LogP contribution in [0.2, 0.25) is 0 Å². The molecule has 0 aromatic heterocycles. The zero-order valence-corrected chi connectivity index (χ0v) is 14.5. The van der Waals surface area contributed by atoms with Gasteiger partial charge in [-0.25, -0.2) is 0 Å². The Morgan fingerprint density at radius 3 is 2.17 bits per heavy atom. The summed E-state index contributed by atoms with van der Waals surface area (Å²) in [6.45, 7) is 4.00. The van der Waals surface area contributed by atoms with Crippen LogP contribution in [-0.2, 0) is 4.79 Å². The fourth-order valence-corrected chi connectivity index (χ4v) is 3.34. The number of hydrogen-bond donors (Lipinski definition) is 1. The van der Waals surface area contributed by atoms with Crippen molar-refractivity contribution in [2.24, 2.45) is 0 Å². The third kappa shape index (κ3) is 5.08. The molecule has 0 aliphatic heterocycles. The molecule has 0 unspecified atom stereocenters. The number of aryl methyl sites for hydroxylation is 2. The summed E-state index contributed by atoms with van der Waals surface area (Å²) in [5, 5.41) is 2.76. The first-order valence-electron chi connectivity index (χ1n) is 8.59. The second-order valence-electron chi connectivity index (χ2n) is 6.71. The molecule has 0 spiro atoms. The van der Waals surface area contributed by atoms with Crippen LogP contribution in [-0.4, -0.2) is 36.3 Å². The average Bonchev–Trinajstić information content (AvgIpc) is 2.79. The Morgan fingerprint density at radius 1 is 1.04 bits per heavy atom. The number of nitrogens with zero attached hydrogens (tertiary/aromatic N) is 1. The highest BCUT2D eigenvalue weighted by molar-refractivity contribution is 5.96. The molecule has 0 bridgehead atoms. The van der Waals surface area contributed by atoms with Gasteiger partial charge >= 0.3 is 0 Å². The topological polar surface area (TPSA) is 49.4 Å². The van der Waals surface area contributed by atoms with Crippen LogP contribution in [0.15, 0.2) is 18.2 Å². The summed E-state index contributed by atoms with van der Waals surface area (Å²) >= 11 is 0. The number of rotatable bonds is 4. The van der Waals surface area contributed by atoms with Gasteiger partial charge in [-0.3, -0.25) is 9.59 Å². The number of carbonyl (C=O) groups is 2. The molecule has 1 aliphatic rings. The zero-order chi connectivity index (χ0) is 16.8. The lowest BCUT2D eigenvalue weighted by Crippen LogP contribution is -2.43. The van der Waals surface area contributed by atoms with Gasteiger partial charge in [0.15, 0.2) is 0 Å². The van der Waals surface area contributed by atoms with Gasteiger partial charge in [0, 0.05) is 18.7 Å². The lowest BCUT2D eigenvalue weighted by Gasteiger charge is -2.27. The van der Waals surface area contributed by atoms with Gasteiger partial charge in [-0.15, -0.1) is 0 Å². The SMILES string of the molecule is Cc1cc(C)cc(C(=O)NCC(=O)N(C)C2CCCCCC2)c1. The van der Waals surface area contributed by atoms with E-state index in [0.717, 1.165) is 24.0 Å². The van der Waals surface area contributed by atoms with E-state index in [2.05, 4.69) is 5.32 Å². The van der Waals surface area contributed by atoms with Crippen molar-refractivity contribution in [3.05, 3.63) is 34.9 Å². The van der Waals surface area contributed by atoms with E-state index in [1.54, 1.807) is 0 Å². The van der Waals surface area contributed by atoms with Crippen LogP contribution in [0.4, 0.5) is 0 Å². The fraction of sp³-hybridized carbons (Fsp3) is 0.579. The second-order valence-corrected chi connectivity index (χ2v) is 6.71. The Bertz CT molecular complexity index is 540. The molecule has 0 atom stereocenters. The van der Waals surface area contributed by atoms with Crippen LogP contribution in [0.3, 0.4) is 0 Å². The molecule has 1 aliphatic carbocycles. The van der Waals surface area contributed by atoms with E-state index in [1.165, 1.54) is 25.7 Å². The van der Waals surface area contributed by atoms with Crippen molar-refractivity contribution >= 4 is 11.8 Å². The van der Waals surface area contributed by atoms with Crippen molar-refractivity contribution in [2.75, 3.05) is 13.6 Å². The third-order valence-corrected chi connectivity index (χ3v) is 4.65. The van der Waals surface area contributed by atoms with Gasteiger partial charge in [-0.2, -0.15) is 0 Å². The van der Waals surface area contributed by atoms with Gasteiger partial charge < -0.3 is 10.2 Å². The van der Waals surface area contributed by atoms with E-state index >= 15 is 0 Å². The van der Waals surface area contributed by atoms with Crippen molar-refractivity contribution < 1.29 is 9.59 Å². The summed E-state index contributed by atoms with van der Waals surface area (Å²) in [6.07, 6.45) is 7.07. The van der Waals surface area contributed by atoms with Crippen LogP contribution < -0.4 is 5.32 Å². The molecular weight excluding hydrogens is 288 g/mol. The third-order valence-electron chi connectivity index (χ3n) is 4.65. The molecule has 0 radical (unpaired) electrons. The molecular formula is C19H28N2O2. The van der Waals surface area contributed by atoms with Gasteiger partial charge in [0.2, 0.25) is 5.91 Å². The van der Waals surface area contributed by atoms with E-state index in [1.807, 2.05) is 44.0 Å². The number of likely N-dealkylation sites (N-methyl/N-ethyl adjacent to an activating group) is 1. The second kappa shape index (κ2) is 8.14. The first-order chi connectivity index (χ1) is 11.0. The minimum atomic E-state index is -0.181. The average molecular weight is 316 g/mol. The van der Waals surface area contributed by atoms with Gasteiger partial charge in [0.05, 0.1) is 6.54 Å². The number of benzene rings is 1. The lowest BCUT2D eigenvalue weighted by molar-refractivity contribution is -0.131. The largest absolute Gasteiger partial charge is 0.343 e. The summed E-state index contributed by atoms with van der Waals surface area (Å²) in [7, 11) is 1.86. The van der Waals surface area contributed by atoms with Crippen molar-refractivity contribution in [1.82, 2.24) is 10.2 Å². The minimum Gasteiger partial charge on any atom is -0.343 e. The van der Waals surface area contributed by atoms with Crippen LogP contribution >= 0.6 is 0 Å². The highest BCUT2D eigenvalue weighted by atomic mass is 16.2. The summed E-state index contributed by atoms with van der Waals surface area (Å²) in [6, 6.07) is 6.05. The molecule has 1 aromatic carbocycles. The molecule has 0 heterocycles. The Morgan fingerprint density at radius 2 is 1.61 bits per heavy atom. The zero-order valence-electron chi connectivity index (χ0n) is 14.5. The summed E-state index contributed by atoms with van der Waals surface area (Å²) in [5.74, 6) is -0.186. The molecule has 2 rings (SSSR count).